The van der Waals surface area contributed by atoms with Gasteiger partial charge in [0.25, 0.3) is 0 Å². The molecule has 0 saturated heterocycles. The molecule has 10 heavy (non-hydrogen) atoms. The monoisotopic (exact) mass is 146 g/mol. The van der Waals surface area contributed by atoms with Crippen LogP contribution in [0.1, 0.15) is 26.2 Å². The molecule has 60 valence electrons. The van der Waals surface area contributed by atoms with Gasteiger partial charge in [0.05, 0.1) is 0 Å². The van der Waals surface area contributed by atoms with Crippen LogP contribution in [-0.4, -0.2) is 24.3 Å². The quantitative estimate of drug-likeness (QED) is 0.574. The molecule has 1 N–H and O–H groups in total. The average Bonchev–Trinajstić information content (AvgIpc) is 1.87. The Morgan fingerprint density at radius 2 is 2.20 bits per heavy atom. The van der Waals surface area contributed by atoms with E-state index in [9.17, 15) is 4.79 Å². The van der Waals surface area contributed by atoms with E-state index >= 15 is 0 Å². The highest BCUT2D eigenvalue weighted by Gasteiger charge is 1.94. The zero-order valence-electron chi connectivity index (χ0n) is 6.30. The summed E-state index contributed by atoms with van der Waals surface area (Å²) in [5.74, 6) is -0.725. The van der Waals surface area contributed by atoms with Crippen molar-refractivity contribution in [1.29, 1.82) is 0 Å². The molecule has 0 fully saturated rings. The Labute approximate surface area is 61.0 Å². The molecule has 0 heterocycles. The highest BCUT2D eigenvalue weighted by atomic mass is 16.5. The van der Waals surface area contributed by atoms with Gasteiger partial charge in [-0.25, -0.2) is 0 Å². The number of hydrogen-bond donors (Lipinski definition) is 1. The van der Waals surface area contributed by atoms with Crippen molar-refractivity contribution in [2.24, 2.45) is 0 Å². The molecular formula is C7H14O3. The number of unbranched alkanes of at least 4 members (excludes halogenated alkanes) is 1. The Bertz CT molecular complexity index is 90.9. The van der Waals surface area contributed by atoms with Gasteiger partial charge in [0.1, 0.15) is 0 Å². The van der Waals surface area contributed by atoms with Crippen molar-refractivity contribution in [2.75, 3.05) is 13.2 Å². The molecular weight excluding hydrogens is 132 g/mol. The fourth-order valence-corrected chi connectivity index (χ4v) is 0.625. The number of carboxylic acids is 1. The summed E-state index contributed by atoms with van der Waals surface area (Å²) in [7, 11) is 0. The molecule has 0 aromatic heterocycles. The van der Waals surface area contributed by atoms with Crippen LogP contribution in [0.3, 0.4) is 0 Å². The third-order valence-electron chi connectivity index (χ3n) is 1.13. The van der Waals surface area contributed by atoms with Crippen LogP contribution < -0.4 is 0 Å². The van der Waals surface area contributed by atoms with Gasteiger partial charge in [-0.1, -0.05) is 0 Å². The van der Waals surface area contributed by atoms with E-state index in [2.05, 4.69) is 0 Å². The predicted molar refractivity (Wildman–Crippen MR) is 38.0 cm³/mol. The Kier molecular flexibility index (Phi) is 6.18. The SMILES string of the molecule is CCOCCCCC(=O)O. The zero-order valence-corrected chi connectivity index (χ0v) is 6.30. The lowest BCUT2D eigenvalue weighted by Crippen LogP contribution is -1.97. The second-order valence-corrected chi connectivity index (χ2v) is 2.05. The number of aliphatic carboxylic acids is 1. The van der Waals surface area contributed by atoms with Crippen molar-refractivity contribution in [3.63, 3.8) is 0 Å². The first-order valence-corrected chi connectivity index (χ1v) is 3.57. The number of rotatable bonds is 6. The van der Waals surface area contributed by atoms with E-state index in [1.165, 1.54) is 0 Å². The second kappa shape index (κ2) is 6.55. The van der Waals surface area contributed by atoms with Gasteiger partial charge >= 0.3 is 5.97 Å². The van der Waals surface area contributed by atoms with Crippen LogP contribution in [-0.2, 0) is 9.53 Å². The van der Waals surface area contributed by atoms with Crippen molar-refractivity contribution < 1.29 is 14.6 Å². The summed E-state index contributed by atoms with van der Waals surface area (Å²) in [4.78, 5) is 9.99. The summed E-state index contributed by atoms with van der Waals surface area (Å²) in [5, 5.41) is 8.23. The minimum Gasteiger partial charge on any atom is -0.481 e. The van der Waals surface area contributed by atoms with E-state index < -0.39 is 5.97 Å². The lowest BCUT2D eigenvalue weighted by Gasteiger charge is -1.97. The van der Waals surface area contributed by atoms with Crippen LogP contribution in [0.15, 0.2) is 0 Å². The summed E-state index contributed by atoms with van der Waals surface area (Å²) >= 11 is 0. The van der Waals surface area contributed by atoms with Gasteiger partial charge in [-0.15, -0.1) is 0 Å². The standard InChI is InChI=1S/C7H14O3/c1-2-10-6-4-3-5-7(8)9/h2-6H2,1H3,(H,8,9). The molecule has 0 aliphatic rings. The van der Waals surface area contributed by atoms with Gasteiger partial charge in [0.15, 0.2) is 0 Å². The van der Waals surface area contributed by atoms with Crippen LogP contribution in [0.25, 0.3) is 0 Å². The maximum atomic E-state index is 9.99. The first-order valence-electron chi connectivity index (χ1n) is 3.57. The molecule has 0 aromatic rings. The third-order valence-corrected chi connectivity index (χ3v) is 1.13. The molecule has 0 atom stereocenters. The van der Waals surface area contributed by atoms with E-state index in [1.54, 1.807) is 0 Å². The summed E-state index contributed by atoms with van der Waals surface area (Å²) in [6.45, 7) is 3.33. The Balaban J connectivity index is 2.84. The minimum atomic E-state index is -0.725. The lowest BCUT2D eigenvalue weighted by atomic mass is 10.2. The fraction of sp³-hybridized carbons (Fsp3) is 0.857. The van der Waals surface area contributed by atoms with Gasteiger partial charge in [-0.05, 0) is 19.8 Å². The molecule has 0 amide bonds. The summed E-state index contributed by atoms with van der Waals surface area (Å²) in [5.41, 5.74) is 0. The van der Waals surface area contributed by atoms with Crippen molar-refractivity contribution in [3.8, 4) is 0 Å². The van der Waals surface area contributed by atoms with Crippen LogP contribution in [0, 0.1) is 0 Å². The molecule has 0 aromatic carbocycles. The van der Waals surface area contributed by atoms with Crippen LogP contribution in [0.4, 0.5) is 0 Å². The van der Waals surface area contributed by atoms with Crippen LogP contribution >= 0.6 is 0 Å². The predicted octanol–water partition coefficient (Wildman–Crippen LogP) is 1.28. The van der Waals surface area contributed by atoms with Crippen molar-refractivity contribution >= 4 is 5.97 Å². The fourth-order valence-electron chi connectivity index (χ4n) is 0.625. The molecule has 0 unspecified atom stereocenters. The zero-order chi connectivity index (χ0) is 7.82. The maximum absolute atomic E-state index is 9.99. The van der Waals surface area contributed by atoms with E-state index in [-0.39, 0.29) is 6.42 Å². The molecule has 3 nitrogen and oxygen atoms in total. The van der Waals surface area contributed by atoms with Crippen LogP contribution in [0.2, 0.25) is 0 Å². The highest BCUT2D eigenvalue weighted by molar-refractivity contribution is 5.66. The minimum absolute atomic E-state index is 0.257. The molecule has 0 saturated carbocycles. The van der Waals surface area contributed by atoms with Crippen molar-refractivity contribution in [2.45, 2.75) is 26.2 Å². The van der Waals surface area contributed by atoms with Gasteiger partial charge in [0.2, 0.25) is 0 Å². The van der Waals surface area contributed by atoms with Gasteiger partial charge in [0, 0.05) is 19.6 Å². The summed E-state index contributed by atoms with van der Waals surface area (Å²) in [6, 6.07) is 0. The first-order chi connectivity index (χ1) is 4.77. The molecule has 3 heteroatoms. The lowest BCUT2D eigenvalue weighted by molar-refractivity contribution is -0.137. The Hall–Kier alpha value is -0.570. The van der Waals surface area contributed by atoms with Crippen molar-refractivity contribution in [1.82, 2.24) is 0 Å². The topological polar surface area (TPSA) is 46.5 Å². The smallest absolute Gasteiger partial charge is 0.303 e. The van der Waals surface area contributed by atoms with Crippen molar-refractivity contribution in [3.05, 3.63) is 0 Å². The number of hydrogen-bond acceptors (Lipinski definition) is 2. The third kappa shape index (κ3) is 7.43. The molecule has 0 radical (unpaired) electrons. The maximum Gasteiger partial charge on any atom is 0.303 e. The summed E-state index contributed by atoms with van der Waals surface area (Å²) in [6.07, 6.45) is 1.82. The van der Waals surface area contributed by atoms with Gasteiger partial charge in [-0.3, -0.25) is 4.79 Å². The Morgan fingerprint density at radius 3 is 2.70 bits per heavy atom. The largest absolute Gasteiger partial charge is 0.481 e. The van der Waals surface area contributed by atoms with E-state index in [1.807, 2.05) is 6.92 Å². The number of carbonyl (C=O) groups is 1. The molecule has 0 aliphatic heterocycles. The van der Waals surface area contributed by atoms with Crippen LogP contribution in [0.5, 0.6) is 0 Å². The number of carboxylic acid groups (broad SMARTS) is 1. The second-order valence-electron chi connectivity index (χ2n) is 2.05. The molecule has 0 aliphatic carbocycles. The molecule has 0 rings (SSSR count). The highest BCUT2D eigenvalue weighted by Crippen LogP contribution is 1.94. The van der Waals surface area contributed by atoms with Gasteiger partial charge < -0.3 is 9.84 Å². The average molecular weight is 146 g/mol. The first kappa shape index (κ1) is 9.43. The van der Waals surface area contributed by atoms with E-state index in [4.69, 9.17) is 9.84 Å². The molecule has 0 bridgehead atoms. The normalized spacial score (nSPS) is 9.70. The number of ether oxygens (including phenoxy) is 1. The van der Waals surface area contributed by atoms with Gasteiger partial charge in [-0.2, -0.15) is 0 Å². The van der Waals surface area contributed by atoms with E-state index in [0.717, 1.165) is 12.8 Å². The Morgan fingerprint density at radius 1 is 1.50 bits per heavy atom. The van der Waals surface area contributed by atoms with E-state index in [0.29, 0.717) is 13.2 Å². The molecule has 0 spiro atoms. The summed E-state index contributed by atoms with van der Waals surface area (Å²) < 4.78 is 5.02.